The Morgan fingerprint density at radius 3 is 2.47 bits per heavy atom. The molecule has 0 heterocycles. The molecule has 0 bridgehead atoms. The Hall–Kier alpha value is -0.0800. The summed E-state index contributed by atoms with van der Waals surface area (Å²) in [5, 5.41) is 0. The Balaban J connectivity index is 2.85. The molecular weight excluding hydrogens is 232 g/mol. The quantitative estimate of drug-likeness (QED) is 0.669. The third-order valence-corrected chi connectivity index (χ3v) is 5.22. The van der Waals surface area contributed by atoms with Crippen LogP contribution in [0.3, 0.4) is 0 Å². The van der Waals surface area contributed by atoms with Crippen LogP contribution in [-0.2, 0) is 0 Å². The molecule has 1 fully saturated rings. The first-order valence-corrected chi connectivity index (χ1v) is 8.59. The summed E-state index contributed by atoms with van der Waals surface area (Å²) in [5.74, 6) is 0.801. The van der Waals surface area contributed by atoms with Crippen molar-refractivity contribution in [3.63, 3.8) is 0 Å². The smallest absolute Gasteiger partial charge is 0.0362 e. The molecule has 2 heteroatoms. The van der Waals surface area contributed by atoms with Crippen molar-refractivity contribution < 1.29 is 0 Å². The molecule has 1 aliphatic rings. The Morgan fingerprint density at radius 2 is 1.95 bits per heavy atom. The number of rotatable bonds is 8. The summed E-state index contributed by atoms with van der Waals surface area (Å²) in [5.41, 5.74) is 6.59. The lowest BCUT2D eigenvalue weighted by Gasteiger charge is -2.53. The Labute approximate surface area is 121 Å². The van der Waals surface area contributed by atoms with Crippen molar-refractivity contribution in [2.45, 2.75) is 90.6 Å². The van der Waals surface area contributed by atoms with Crippen molar-refractivity contribution in [1.82, 2.24) is 4.90 Å². The summed E-state index contributed by atoms with van der Waals surface area (Å²) < 4.78 is 0. The lowest BCUT2D eigenvalue weighted by atomic mass is 9.69. The van der Waals surface area contributed by atoms with E-state index in [1.807, 2.05) is 0 Å². The van der Waals surface area contributed by atoms with Gasteiger partial charge in [-0.25, -0.2) is 0 Å². The molecule has 1 rings (SSSR count). The van der Waals surface area contributed by atoms with E-state index in [9.17, 15) is 0 Å². The highest BCUT2D eigenvalue weighted by molar-refractivity contribution is 5.00. The van der Waals surface area contributed by atoms with Gasteiger partial charge in [0, 0.05) is 18.1 Å². The van der Waals surface area contributed by atoms with Gasteiger partial charge >= 0.3 is 0 Å². The van der Waals surface area contributed by atoms with E-state index in [0.29, 0.717) is 6.04 Å². The van der Waals surface area contributed by atoms with E-state index < -0.39 is 0 Å². The largest absolute Gasteiger partial charge is 0.329 e. The molecule has 0 aliphatic heterocycles. The van der Waals surface area contributed by atoms with Crippen molar-refractivity contribution in [2.24, 2.45) is 11.7 Å². The molecule has 114 valence electrons. The van der Waals surface area contributed by atoms with Gasteiger partial charge in [-0.2, -0.15) is 0 Å². The molecule has 2 N–H and O–H groups in total. The lowest BCUT2D eigenvalue weighted by Crippen LogP contribution is -2.62. The number of unbranched alkanes of at least 4 members (excludes halogenated alkanes) is 2. The van der Waals surface area contributed by atoms with Crippen LogP contribution < -0.4 is 5.73 Å². The van der Waals surface area contributed by atoms with Crippen molar-refractivity contribution >= 4 is 0 Å². The minimum Gasteiger partial charge on any atom is -0.329 e. The maximum atomic E-state index is 6.31. The van der Waals surface area contributed by atoms with E-state index in [1.54, 1.807) is 0 Å². The normalized spacial score (nSPS) is 28.3. The van der Waals surface area contributed by atoms with Gasteiger partial charge in [-0.3, -0.25) is 4.90 Å². The second kappa shape index (κ2) is 8.26. The molecule has 0 amide bonds. The van der Waals surface area contributed by atoms with E-state index in [-0.39, 0.29) is 5.54 Å². The van der Waals surface area contributed by atoms with Crippen LogP contribution in [0.2, 0.25) is 0 Å². The van der Waals surface area contributed by atoms with Crippen LogP contribution in [0.25, 0.3) is 0 Å². The van der Waals surface area contributed by atoms with Gasteiger partial charge in [0.25, 0.3) is 0 Å². The van der Waals surface area contributed by atoms with Gasteiger partial charge in [0.05, 0.1) is 0 Å². The number of hydrogen-bond donors (Lipinski definition) is 1. The zero-order chi connectivity index (χ0) is 14.3. The molecule has 0 aromatic heterocycles. The topological polar surface area (TPSA) is 29.3 Å². The number of nitrogens with zero attached hydrogens (tertiary/aromatic N) is 1. The monoisotopic (exact) mass is 268 g/mol. The fourth-order valence-electron chi connectivity index (χ4n) is 4.17. The van der Waals surface area contributed by atoms with Crippen LogP contribution in [-0.4, -0.2) is 29.6 Å². The van der Waals surface area contributed by atoms with Crippen LogP contribution in [0.1, 0.15) is 79.1 Å². The summed E-state index contributed by atoms with van der Waals surface area (Å²) >= 11 is 0. The minimum atomic E-state index is 0.287. The van der Waals surface area contributed by atoms with Gasteiger partial charge in [0.2, 0.25) is 0 Å². The Morgan fingerprint density at radius 1 is 1.21 bits per heavy atom. The average Bonchev–Trinajstić information content (AvgIpc) is 2.43. The highest BCUT2D eigenvalue weighted by Crippen LogP contribution is 2.41. The fourth-order valence-corrected chi connectivity index (χ4v) is 4.17. The molecule has 19 heavy (non-hydrogen) atoms. The first-order valence-electron chi connectivity index (χ1n) is 8.59. The maximum Gasteiger partial charge on any atom is 0.0362 e. The highest BCUT2D eigenvalue weighted by atomic mass is 15.2. The maximum absolute atomic E-state index is 6.31. The molecule has 0 aromatic carbocycles. The Bertz CT molecular complexity index is 239. The van der Waals surface area contributed by atoms with Crippen LogP contribution in [0.15, 0.2) is 0 Å². The summed E-state index contributed by atoms with van der Waals surface area (Å²) in [4.78, 5) is 2.76. The van der Waals surface area contributed by atoms with E-state index in [1.165, 1.54) is 57.9 Å². The summed E-state index contributed by atoms with van der Waals surface area (Å²) in [7, 11) is 0. The summed E-state index contributed by atoms with van der Waals surface area (Å²) in [6.45, 7) is 11.4. The summed E-state index contributed by atoms with van der Waals surface area (Å²) in [6, 6.07) is 0.618. The molecule has 2 unspecified atom stereocenters. The first kappa shape index (κ1) is 17.0. The van der Waals surface area contributed by atoms with Crippen molar-refractivity contribution in [3.8, 4) is 0 Å². The van der Waals surface area contributed by atoms with E-state index >= 15 is 0 Å². The second-order valence-electron chi connectivity index (χ2n) is 6.65. The van der Waals surface area contributed by atoms with E-state index in [4.69, 9.17) is 5.73 Å². The fraction of sp³-hybridized carbons (Fsp3) is 1.00. The molecule has 1 aliphatic carbocycles. The van der Waals surface area contributed by atoms with Crippen molar-refractivity contribution in [1.29, 1.82) is 0 Å². The van der Waals surface area contributed by atoms with Crippen LogP contribution >= 0.6 is 0 Å². The van der Waals surface area contributed by atoms with Crippen LogP contribution in [0.4, 0.5) is 0 Å². The standard InChI is InChI=1S/C17H36N2/c1-5-7-10-13-19(15(3)4)17(14-18)12-9-8-11-16(17)6-2/h15-16H,5-14,18H2,1-4H3. The molecule has 0 aromatic rings. The number of nitrogens with two attached hydrogens (primary N) is 1. The summed E-state index contributed by atoms with van der Waals surface area (Å²) in [6.07, 6.45) is 10.7. The lowest BCUT2D eigenvalue weighted by molar-refractivity contribution is -0.0183. The van der Waals surface area contributed by atoms with Crippen LogP contribution in [0, 0.1) is 5.92 Å². The van der Waals surface area contributed by atoms with Gasteiger partial charge in [0.1, 0.15) is 0 Å². The molecule has 2 nitrogen and oxygen atoms in total. The first-order chi connectivity index (χ1) is 9.12. The molecular formula is C17H36N2. The van der Waals surface area contributed by atoms with Gasteiger partial charge in [-0.15, -0.1) is 0 Å². The van der Waals surface area contributed by atoms with Gasteiger partial charge in [-0.05, 0) is 45.6 Å². The molecule has 0 radical (unpaired) electrons. The number of hydrogen-bond acceptors (Lipinski definition) is 2. The van der Waals surface area contributed by atoms with Gasteiger partial charge in [-0.1, -0.05) is 46.0 Å². The van der Waals surface area contributed by atoms with Gasteiger partial charge < -0.3 is 5.73 Å². The van der Waals surface area contributed by atoms with Gasteiger partial charge in [0.15, 0.2) is 0 Å². The average molecular weight is 268 g/mol. The van der Waals surface area contributed by atoms with Crippen LogP contribution in [0.5, 0.6) is 0 Å². The third-order valence-electron chi connectivity index (χ3n) is 5.22. The molecule has 2 atom stereocenters. The SMILES string of the molecule is CCCCCN(C(C)C)C1(CN)CCCCC1CC. The second-order valence-corrected chi connectivity index (χ2v) is 6.65. The van der Waals surface area contributed by atoms with E-state index in [2.05, 4.69) is 32.6 Å². The minimum absolute atomic E-state index is 0.287. The predicted octanol–water partition coefficient (Wildman–Crippen LogP) is 4.18. The molecule has 0 saturated heterocycles. The highest BCUT2D eigenvalue weighted by Gasteiger charge is 2.43. The molecule has 1 saturated carbocycles. The molecule has 0 spiro atoms. The third kappa shape index (κ3) is 3.95. The van der Waals surface area contributed by atoms with Crippen molar-refractivity contribution in [2.75, 3.05) is 13.1 Å². The predicted molar refractivity (Wildman–Crippen MR) is 85.4 cm³/mol. The van der Waals surface area contributed by atoms with E-state index in [0.717, 1.165) is 12.5 Å². The zero-order valence-electron chi connectivity index (χ0n) is 13.8. The Kier molecular flexibility index (Phi) is 7.38. The van der Waals surface area contributed by atoms with Crippen molar-refractivity contribution in [3.05, 3.63) is 0 Å². The zero-order valence-corrected chi connectivity index (χ0v) is 13.8.